The minimum absolute atomic E-state index is 0.0266. The number of ketones is 1. The monoisotopic (exact) mass is 579 g/mol. The van der Waals surface area contributed by atoms with Crippen molar-refractivity contribution in [2.75, 3.05) is 6.61 Å². The molecule has 0 aromatic heterocycles. The van der Waals surface area contributed by atoms with E-state index in [1.165, 1.54) is 0 Å². The Morgan fingerprint density at radius 3 is 2.05 bits per heavy atom. The normalized spacial score (nSPS) is 13.2. The highest BCUT2D eigenvalue weighted by atomic mass is 28.1. The number of benzene rings is 2. The maximum absolute atomic E-state index is 13.3. The number of urea groups is 1. The first-order chi connectivity index (χ1) is 19.4. The van der Waals surface area contributed by atoms with Crippen LogP contribution in [0.4, 0.5) is 4.79 Å². The van der Waals surface area contributed by atoms with Crippen LogP contribution < -0.4 is 26.0 Å². The lowest BCUT2D eigenvalue weighted by atomic mass is 10.0. The molecule has 0 spiro atoms. The van der Waals surface area contributed by atoms with E-state index in [0.29, 0.717) is 12.5 Å². The van der Waals surface area contributed by atoms with Gasteiger partial charge in [-0.15, -0.1) is 0 Å². The zero-order valence-corrected chi connectivity index (χ0v) is 25.7. The molecule has 4 amide bonds. The molecule has 0 saturated carbocycles. The van der Waals surface area contributed by atoms with Crippen molar-refractivity contribution in [1.29, 1.82) is 0 Å². The van der Waals surface area contributed by atoms with Gasteiger partial charge in [-0.1, -0.05) is 77.1 Å². The third kappa shape index (κ3) is 11.8. The molecule has 2 aromatic rings. The third-order valence-corrected chi connectivity index (χ3v) is 6.88. The van der Waals surface area contributed by atoms with Gasteiger partial charge in [0, 0.05) is 13.1 Å². The summed E-state index contributed by atoms with van der Waals surface area (Å²) in [5, 5.41) is 9.22. The van der Waals surface area contributed by atoms with Gasteiger partial charge in [0.25, 0.3) is 5.91 Å². The van der Waals surface area contributed by atoms with Crippen LogP contribution in [0, 0.1) is 11.8 Å². The van der Waals surface area contributed by atoms with Crippen molar-refractivity contribution in [1.82, 2.24) is 21.3 Å². The van der Waals surface area contributed by atoms with Crippen molar-refractivity contribution in [3.05, 3.63) is 65.7 Å². The van der Waals surface area contributed by atoms with Gasteiger partial charge < -0.3 is 26.0 Å². The summed E-state index contributed by atoms with van der Waals surface area (Å²) in [5.41, 5.74) is 1.71. The largest absolute Gasteiger partial charge is 0.494 e. The smallest absolute Gasteiger partial charge is 0.315 e. The fraction of sp³-hybridized carbons (Fsp3) is 0.484. The van der Waals surface area contributed by atoms with Crippen molar-refractivity contribution < 1.29 is 23.9 Å². The molecule has 4 N–H and O–H groups in total. The minimum atomic E-state index is -1.49. The summed E-state index contributed by atoms with van der Waals surface area (Å²) in [5.74, 6) is -0.849. The molecule has 3 radical (unpaired) electrons. The summed E-state index contributed by atoms with van der Waals surface area (Å²) in [6.45, 7) is 10.9. The first-order valence-corrected chi connectivity index (χ1v) is 14.6. The Bertz CT molecular complexity index is 1140. The van der Waals surface area contributed by atoms with Crippen LogP contribution in [0.15, 0.2) is 54.6 Å². The van der Waals surface area contributed by atoms with Gasteiger partial charge in [-0.2, -0.15) is 0 Å². The van der Waals surface area contributed by atoms with Crippen LogP contribution in [-0.2, 0) is 27.5 Å². The van der Waals surface area contributed by atoms with E-state index in [0.717, 1.165) is 23.3 Å². The van der Waals surface area contributed by atoms with Crippen molar-refractivity contribution in [3.8, 4) is 5.75 Å². The second-order valence-corrected chi connectivity index (χ2v) is 11.8. The molecular formula is C31H43N4O5Si. The number of ether oxygens (including phenoxy) is 1. The summed E-state index contributed by atoms with van der Waals surface area (Å²) in [7, 11) is 3.47. The van der Waals surface area contributed by atoms with E-state index in [9.17, 15) is 19.2 Å². The molecule has 0 aliphatic heterocycles. The van der Waals surface area contributed by atoms with E-state index in [1.807, 2.05) is 68.4 Å². The highest BCUT2D eigenvalue weighted by Crippen LogP contribution is 2.16. The molecule has 0 heterocycles. The predicted octanol–water partition coefficient (Wildman–Crippen LogP) is 3.60. The van der Waals surface area contributed by atoms with Gasteiger partial charge in [-0.3, -0.25) is 14.4 Å². The van der Waals surface area contributed by atoms with Gasteiger partial charge in [0.1, 0.15) is 10.9 Å². The van der Waals surface area contributed by atoms with Crippen molar-refractivity contribution in [3.63, 3.8) is 0 Å². The van der Waals surface area contributed by atoms with Crippen LogP contribution in [0.1, 0.15) is 65.0 Å². The van der Waals surface area contributed by atoms with Crippen LogP contribution in [0.5, 0.6) is 5.75 Å². The van der Waals surface area contributed by atoms with Crippen LogP contribution in [-0.4, -0.2) is 51.7 Å². The standard InChI is InChI=1S/C31H43N4O5Si/c1-6-26(27(36)28(37)32-19-24-12-14-25(15-13-24)40-17-16-21(2)3)34-29(38)31(41,18-22(4)5)35-30(39)33-20-23-10-8-7-9-11-23/h7-15,21-22,26H,6,16-20H2,1-5H3,(H,32,37)(H,34,38)(H2,33,35,39)/t26?,31-/m0/s1. The van der Waals surface area contributed by atoms with Crippen LogP contribution in [0.3, 0.4) is 0 Å². The van der Waals surface area contributed by atoms with Gasteiger partial charge in [-0.25, -0.2) is 4.79 Å². The highest BCUT2D eigenvalue weighted by molar-refractivity contribution is 6.39. The van der Waals surface area contributed by atoms with Crippen LogP contribution in [0.25, 0.3) is 0 Å². The second-order valence-electron chi connectivity index (χ2n) is 11.0. The number of Topliss-reactive ketones (excluding diaryl/α,β-unsaturated/α-hetero) is 1. The second kappa shape index (κ2) is 16.6. The van der Waals surface area contributed by atoms with Gasteiger partial charge in [0.05, 0.1) is 22.9 Å². The molecule has 9 nitrogen and oxygen atoms in total. The average molecular weight is 580 g/mol. The number of carbonyl (C=O) groups is 4. The van der Waals surface area contributed by atoms with E-state index >= 15 is 0 Å². The number of hydrogen-bond donors (Lipinski definition) is 4. The molecule has 1 unspecified atom stereocenters. The van der Waals surface area contributed by atoms with Crippen LogP contribution >= 0.6 is 0 Å². The van der Waals surface area contributed by atoms with Gasteiger partial charge in [0.15, 0.2) is 0 Å². The van der Waals surface area contributed by atoms with E-state index in [4.69, 9.17) is 4.74 Å². The maximum atomic E-state index is 13.3. The Kier molecular flexibility index (Phi) is 13.6. The van der Waals surface area contributed by atoms with Crippen molar-refractivity contribution >= 4 is 33.9 Å². The zero-order chi connectivity index (χ0) is 30.4. The third-order valence-electron chi connectivity index (χ3n) is 6.32. The highest BCUT2D eigenvalue weighted by Gasteiger charge is 2.38. The van der Waals surface area contributed by atoms with E-state index in [2.05, 4.69) is 45.4 Å². The Hall–Kier alpha value is -3.66. The first-order valence-electron chi connectivity index (χ1n) is 14.1. The minimum Gasteiger partial charge on any atom is -0.494 e. The Labute approximate surface area is 247 Å². The number of nitrogens with one attached hydrogen (secondary N) is 4. The van der Waals surface area contributed by atoms with Gasteiger partial charge >= 0.3 is 6.03 Å². The molecule has 0 aliphatic rings. The van der Waals surface area contributed by atoms with Crippen molar-refractivity contribution in [2.24, 2.45) is 11.8 Å². The molecule has 0 saturated heterocycles. The first kappa shape index (κ1) is 33.5. The number of rotatable bonds is 16. The lowest BCUT2D eigenvalue weighted by Crippen LogP contribution is -2.64. The number of hydrogen-bond acceptors (Lipinski definition) is 5. The lowest BCUT2D eigenvalue weighted by molar-refractivity contribution is -0.140. The average Bonchev–Trinajstić information content (AvgIpc) is 2.93. The van der Waals surface area contributed by atoms with E-state index in [1.54, 1.807) is 6.92 Å². The lowest BCUT2D eigenvalue weighted by Gasteiger charge is -2.32. The van der Waals surface area contributed by atoms with E-state index in [-0.39, 0.29) is 31.8 Å². The molecule has 0 bridgehead atoms. The molecular weight excluding hydrogens is 536 g/mol. The molecule has 41 heavy (non-hydrogen) atoms. The summed E-state index contributed by atoms with van der Waals surface area (Å²) >= 11 is 0. The van der Waals surface area contributed by atoms with Crippen molar-refractivity contribution in [2.45, 2.75) is 78.2 Å². The SMILES string of the molecule is CCC(NC(=O)[C@@]([Si])(CC(C)C)NC(=O)NCc1ccccc1)C(=O)C(=O)NCc1ccc(OCCC(C)C)cc1. The number of amides is 4. The molecule has 2 atom stereocenters. The molecule has 2 rings (SSSR count). The van der Waals surface area contributed by atoms with Crippen LogP contribution in [0.2, 0.25) is 0 Å². The topological polar surface area (TPSA) is 126 Å². The summed E-state index contributed by atoms with van der Waals surface area (Å²) in [6, 6.07) is 15.1. The molecule has 2 aromatic carbocycles. The van der Waals surface area contributed by atoms with Gasteiger partial charge in [-0.05, 0) is 54.4 Å². The zero-order valence-electron chi connectivity index (χ0n) is 24.7. The van der Waals surface area contributed by atoms with Gasteiger partial charge in [0.2, 0.25) is 11.7 Å². The Morgan fingerprint density at radius 2 is 1.46 bits per heavy atom. The van der Waals surface area contributed by atoms with E-state index < -0.39 is 34.8 Å². The maximum Gasteiger partial charge on any atom is 0.315 e. The number of carbonyl (C=O) groups excluding carboxylic acids is 4. The summed E-state index contributed by atoms with van der Waals surface area (Å²) in [6.07, 6.45) is 1.41. The summed E-state index contributed by atoms with van der Waals surface area (Å²) in [4.78, 5) is 51.6. The molecule has 0 fully saturated rings. The molecule has 10 heteroatoms. The predicted molar refractivity (Wildman–Crippen MR) is 160 cm³/mol. The Morgan fingerprint density at radius 1 is 0.854 bits per heavy atom. The fourth-order valence-corrected chi connectivity index (χ4v) is 4.60. The quantitative estimate of drug-likeness (QED) is 0.179. The Balaban J connectivity index is 1.95. The summed E-state index contributed by atoms with van der Waals surface area (Å²) < 4.78 is 5.71. The molecule has 0 aliphatic carbocycles. The fourth-order valence-electron chi connectivity index (χ4n) is 4.01. The molecule has 221 valence electrons.